The van der Waals surface area contributed by atoms with Crippen molar-refractivity contribution in [2.24, 2.45) is 5.92 Å². The smallest absolute Gasteiger partial charge is 0.220 e. The summed E-state index contributed by atoms with van der Waals surface area (Å²) in [6, 6.07) is 0. The van der Waals surface area contributed by atoms with Gasteiger partial charge < -0.3 is 10.4 Å². The van der Waals surface area contributed by atoms with Crippen LogP contribution in [0.2, 0.25) is 0 Å². The molecule has 1 aliphatic carbocycles. The summed E-state index contributed by atoms with van der Waals surface area (Å²) in [5, 5.41) is 12.0. The Balaban J connectivity index is 1.94. The van der Waals surface area contributed by atoms with E-state index in [1.807, 2.05) is 6.92 Å². The van der Waals surface area contributed by atoms with Crippen LogP contribution in [-0.4, -0.2) is 23.7 Å². The van der Waals surface area contributed by atoms with Crippen molar-refractivity contribution in [1.29, 1.82) is 0 Å². The molecule has 1 unspecified atom stereocenters. The number of carbonyl (C=O) groups excluding carboxylic acids is 1. The van der Waals surface area contributed by atoms with Crippen LogP contribution in [-0.2, 0) is 4.79 Å². The first-order valence-corrected chi connectivity index (χ1v) is 5.17. The van der Waals surface area contributed by atoms with Crippen LogP contribution in [0.25, 0.3) is 0 Å². The summed E-state index contributed by atoms with van der Waals surface area (Å²) in [4.78, 5) is 11.2. The molecule has 0 aromatic heterocycles. The predicted molar refractivity (Wildman–Crippen MR) is 51.3 cm³/mol. The molecule has 1 aliphatic rings. The Morgan fingerprint density at radius 1 is 1.62 bits per heavy atom. The number of nitrogens with one attached hydrogen (secondary N) is 1. The number of amides is 1. The number of aliphatic hydroxyl groups excluding tert-OH is 1. The Hall–Kier alpha value is -0.570. The summed E-state index contributed by atoms with van der Waals surface area (Å²) in [5.41, 5.74) is 0. The fourth-order valence-corrected chi connectivity index (χ4v) is 1.24. The zero-order valence-corrected chi connectivity index (χ0v) is 8.25. The summed E-state index contributed by atoms with van der Waals surface area (Å²) in [5.74, 6) is 0.793. The molecule has 0 spiro atoms. The monoisotopic (exact) mass is 185 g/mol. The topological polar surface area (TPSA) is 49.3 Å². The maximum absolute atomic E-state index is 11.2. The van der Waals surface area contributed by atoms with E-state index >= 15 is 0 Å². The lowest BCUT2D eigenvalue weighted by atomic mass is 10.2. The molecule has 0 radical (unpaired) electrons. The minimum Gasteiger partial charge on any atom is -0.393 e. The second-order valence-corrected chi connectivity index (χ2v) is 3.85. The highest BCUT2D eigenvalue weighted by atomic mass is 16.3. The SMILES string of the molecule is CCC(O)CCNC(=O)CC1CC1. The second-order valence-electron chi connectivity index (χ2n) is 3.85. The van der Waals surface area contributed by atoms with Gasteiger partial charge in [-0.1, -0.05) is 6.92 Å². The molecule has 0 heterocycles. The van der Waals surface area contributed by atoms with Gasteiger partial charge in [0.05, 0.1) is 6.10 Å². The molecule has 76 valence electrons. The first kappa shape index (κ1) is 10.5. The van der Waals surface area contributed by atoms with Crippen molar-refractivity contribution in [2.75, 3.05) is 6.54 Å². The Morgan fingerprint density at radius 2 is 2.31 bits per heavy atom. The minimum absolute atomic E-state index is 0.144. The van der Waals surface area contributed by atoms with Crippen LogP contribution in [0.4, 0.5) is 0 Å². The summed E-state index contributed by atoms with van der Waals surface area (Å²) < 4.78 is 0. The lowest BCUT2D eigenvalue weighted by Crippen LogP contribution is -2.27. The van der Waals surface area contributed by atoms with Gasteiger partial charge in [0.25, 0.3) is 0 Å². The van der Waals surface area contributed by atoms with E-state index in [1.165, 1.54) is 12.8 Å². The molecule has 2 N–H and O–H groups in total. The van der Waals surface area contributed by atoms with Crippen molar-refractivity contribution in [2.45, 2.75) is 45.1 Å². The first-order valence-electron chi connectivity index (χ1n) is 5.17. The van der Waals surface area contributed by atoms with Crippen LogP contribution in [0.15, 0.2) is 0 Å². The van der Waals surface area contributed by atoms with Crippen LogP contribution in [0.1, 0.15) is 39.0 Å². The summed E-state index contributed by atoms with van der Waals surface area (Å²) in [7, 11) is 0. The van der Waals surface area contributed by atoms with Gasteiger partial charge in [-0.25, -0.2) is 0 Å². The molecular formula is C10H19NO2. The van der Waals surface area contributed by atoms with Gasteiger partial charge in [0.1, 0.15) is 0 Å². The van der Waals surface area contributed by atoms with Crippen LogP contribution < -0.4 is 5.32 Å². The van der Waals surface area contributed by atoms with E-state index in [0.717, 1.165) is 6.42 Å². The van der Waals surface area contributed by atoms with Crippen molar-refractivity contribution < 1.29 is 9.90 Å². The highest BCUT2D eigenvalue weighted by Gasteiger charge is 2.23. The molecule has 1 rings (SSSR count). The molecule has 0 aromatic carbocycles. The highest BCUT2D eigenvalue weighted by Crippen LogP contribution is 2.31. The molecule has 3 heteroatoms. The van der Waals surface area contributed by atoms with Crippen molar-refractivity contribution in [3.05, 3.63) is 0 Å². The summed E-state index contributed by atoms with van der Waals surface area (Å²) in [6.07, 6.45) is 4.28. The lowest BCUT2D eigenvalue weighted by molar-refractivity contribution is -0.121. The Labute approximate surface area is 79.5 Å². The average Bonchev–Trinajstić information content (AvgIpc) is 2.88. The van der Waals surface area contributed by atoms with Crippen molar-refractivity contribution >= 4 is 5.91 Å². The quantitative estimate of drug-likeness (QED) is 0.650. The van der Waals surface area contributed by atoms with E-state index in [-0.39, 0.29) is 12.0 Å². The number of hydrogen-bond donors (Lipinski definition) is 2. The van der Waals surface area contributed by atoms with Crippen molar-refractivity contribution in [3.8, 4) is 0 Å². The van der Waals surface area contributed by atoms with E-state index in [2.05, 4.69) is 5.32 Å². The van der Waals surface area contributed by atoms with Crippen LogP contribution in [0, 0.1) is 5.92 Å². The number of rotatable bonds is 6. The van der Waals surface area contributed by atoms with E-state index in [9.17, 15) is 9.90 Å². The van der Waals surface area contributed by atoms with Crippen LogP contribution in [0.3, 0.4) is 0 Å². The summed E-state index contributed by atoms with van der Waals surface area (Å²) >= 11 is 0. The van der Waals surface area contributed by atoms with Gasteiger partial charge in [0.2, 0.25) is 5.91 Å². The van der Waals surface area contributed by atoms with E-state index in [0.29, 0.717) is 25.3 Å². The molecular weight excluding hydrogens is 166 g/mol. The van der Waals surface area contributed by atoms with Gasteiger partial charge in [0.15, 0.2) is 0 Å². The molecule has 0 aliphatic heterocycles. The number of hydrogen-bond acceptors (Lipinski definition) is 2. The van der Waals surface area contributed by atoms with Crippen LogP contribution >= 0.6 is 0 Å². The molecule has 1 amide bonds. The Kier molecular flexibility index (Phi) is 4.22. The maximum atomic E-state index is 11.2. The predicted octanol–water partition coefficient (Wildman–Crippen LogP) is 1.06. The zero-order chi connectivity index (χ0) is 9.68. The fourth-order valence-electron chi connectivity index (χ4n) is 1.24. The molecule has 0 aromatic rings. The third-order valence-electron chi connectivity index (χ3n) is 2.44. The van der Waals surface area contributed by atoms with Gasteiger partial charge in [0, 0.05) is 13.0 Å². The van der Waals surface area contributed by atoms with E-state index in [4.69, 9.17) is 0 Å². The van der Waals surface area contributed by atoms with Gasteiger partial charge >= 0.3 is 0 Å². The third-order valence-corrected chi connectivity index (χ3v) is 2.44. The maximum Gasteiger partial charge on any atom is 0.220 e. The molecule has 1 fully saturated rings. The molecule has 1 atom stereocenters. The second kappa shape index (κ2) is 5.22. The minimum atomic E-state index is -0.263. The standard InChI is InChI=1S/C10H19NO2/c1-2-9(12)5-6-11-10(13)7-8-3-4-8/h8-9,12H,2-7H2,1H3,(H,11,13). The van der Waals surface area contributed by atoms with E-state index < -0.39 is 0 Å². The van der Waals surface area contributed by atoms with Gasteiger partial charge in [-0.2, -0.15) is 0 Å². The van der Waals surface area contributed by atoms with Crippen molar-refractivity contribution in [1.82, 2.24) is 5.32 Å². The molecule has 3 nitrogen and oxygen atoms in total. The normalized spacial score (nSPS) is 18.3. The molecule has 1 saturated carbocycles. The average molecular weight is 185 g/mol. The van der Waals surface area contributed by atoms with E-state index in [1.54, 1.807) is 0 Å². The first-order chi connectivity index (χ1) is 6.22. The van der Waals surface area contributed by atoms with Crippen molar-refractivity contribution in [3.63, 3.8) is 0 Å². The molecule has 13 heavy (non-hydrogen) atoms. The molecule has 0 saturated heterocycles. The number of carbonyl (C=O) groups is 1. The van der Waals surface area contributed by atoms with Gasteiger partial charge in [-0.05, 0) is 31.6 Å². The summed E-state index contributed by atoms with van der Waals surface area (Å²) in [6.45, 7) is 2.55. The Bertz CT molecular complexity index is 166. The zero-order valence-electron chi connectivity index (χ0n) is 8.25. The van der Waals surface area contributed by atoms with Gasteiger partial charge in [-0.3, -0.25) is 4.79 Å². The van der Waals surface area contributed by atoms with Crippen LogP contribution in [0.5, 0.6) is 0 Å². The highest BCUT2D eigenvalue weighted by molar-refractivity contribution is 5.76. The largest absolute Gasteiger partial charge is 0.393 e. The Morgan fingerprint density at radius 3 is 2.85 bits per heavy atom. The third kappa shape index (κ3) is 4.88. The fraction of sp³-hybridized carbons (Fsp3) is 0.900. The molecule has 0 bridgehead atoms. The van der Waals surface area contributed by atoms with Gasteiger partial charge in [-0.15, -0.1) is 0 Å². The lowest BCUT2D eigenvalue weighted by Gasteiger charge is -2.08. The number of aliphatic hydroxyl groups is 1.